The number of nitriles is 1. The van der Waals surface area contributed by atoms with E-state index in [9.17, 15) is 14.0 Å². The van der Waals surface area contributed by atoms with Crippen LogP contribution in [0.5, 0.6) is 0 Å². The van der Waals surface area contributed by atoms with Gasteiger partial charge in [0.05, 0.1) is 50.2 Å². The third-order valence-corrected chi connectivity index (χ3v) is 18.5. The second-order valence-electron chi connectivity index (χ2n) is 23.0. The van der Waals surface area contributed by atoms with Gasteiger partial charge >= 0.3 is 20.1 Å². The first kappa shape index (κ1) is 55.3. The van der Waals surface area contributed by atoms with Crippen molar-refractivity contribution < 1.29 is 37.4 Å². The predicted octanol–water partition coefficient (Wildman–Crippen LogP) is 18.3. The molecule has 414 valence electrons. The van der Waals surface area contributed by atoms with Crippen molar-refractivity contribution in [2.45, 2.75) is 78.8 Å². The van der Waals surface area contributed by atoms with Crippen LogP contribution in [0.2, 0.25) is 39.3 Å². The zero-order valence-electron chi connectivity index (χ0n) is 51.1. The average Bonchev–Trinajstić information content (AvgIpc) is 1.75. The molecule has 6 nitrogen and oxygen atoms in total. The molecule has 0 aliphatic heterocycles. The van der Waals surface area contributed by atoms with Gasteiger partial charge in [-0.3, -0.25) is 13.8 Å². The fraction of sp³-hybridized carbons (Fsp3) is 0.167. The molecule has 12 rings (SSSR count). The number of halogens is 2. The van der Waals surface area contributed by atoms with Crippen molar-refractivity contribution in [3.05, 3.63) is 241 Å². The molecule has 0 radical (unpaired) electrons. The zero-order chi connectivity index (χ0) is 60.5. The molecule has 4 heterocycles. The largest absolute Gasteiger partial charge is 3.00 e. The maximum absolute atomic E-state index is 13.4. The van der Waals surface area contributed by atoms with E-state index in [4.69, 9.17) is 13.5 Å². The smallest absolute Gasteiger partial charge is 0.501 e. The van der Waals surface area contributed by atoms with Gasteiger partial charge in [0.2, 0.25) is 0 Å². The normalized spacial score (nSPS) is 12.0. The summed E-state index contributed by atoms with van der Waals surface area (Å²) >= 11 is 0. The zero-order valence-corrected chi connectivity index (χ0v) is 52.5. The van der Waals surface area contributed by atoms with Gasteiger partial charge in [-0.2, -0.15) is 5.26 Å². The molecule has 0 saturated carbocycles. The summed E-state index contributed by atoms with van der Waals surface area (Å²) in [5.41, 5.74) is 15.4. The summed E-state index contributed by atoms with van der Waals surface area (Å²) in [6.07, 6.45) is 3.68. The molecule has 83 heavy (non-hydrogen) atoms. The van der Waals surface area contributed by atoms with Crippen molar-refractivity contribution in [2.75, 3.05) is 0 Å². The van der Waals surface area contributed by atoms with E-state index in [-0.39, 0.29) is 49.4 Å². The molecule has 0 unspecified atom stereocenters. The standard InChI is InChI=1S/C44H34N3O.2C14H15FNSi.Ir/c1-27(2)37-23-33(30-13-6-5-7-14-30)24-38(28(3)4)42(37)47-40-19-9-8-18-39(40)46-44(47)36-17-11-16-35-34-21-20-32(25-41(34)48-43(35)36)31-15-10-12-29(22-31)26-45;2*1-17(2,3)13-8-9-14(16-10-13)11-4-6-12(15)7-5-11;/h5-16,18-25,27-28H,1-4H3;2*4,6-10H,1-3H3;/q3*-1;+3/i;4D,6D,7D;;. The third-order valence-electron chi connectivity index (χ3n) is 14.4. The molecule has 4 aromatic heterocycles. The van der Waals surface area contributed by atoms with E-state index in [1.165, 1.54) is 50.4 Å². The molecule has 0 atom stereocenters. The van der Waals surface area contributed by atoms with E-state index in [1.54, 1.807) is 18.3 Å². The summed E-state index contributed by atoms with van der Waals surface area (Å²) in [5.74, 6) is 0.0437. The number of benzene rings is 8. The predicted molar refractivity (Wildman–Crippen MR) is 339 cm³/mol. The van der Waals surface area contributed by atoms with Gasteiger partial charge in [-0.1, -0.05) is 169 Å². The maximum atomic E-state index is 13.4. The number of aromatic nitrogens is 4. The summed E-state index contributed by atoms with van der Waals surface area (Å²) in [5, 5.41) is 14.0. The molecule has 0 aliphatic carbocycles. The van der Waals surface area contributed by atoms with Crippen LogP contribution in [0.25, 0.3) is 94.8 Å². The molecule has 0 amide bonds. The molecule has 0 fully saturated rings. The maximum Gasteiger partial charge on any atom is 3.00 e. The summed E-state index contributed by atoms with van der Waals surface area (Å²) < 4.78 is 57.9. The van der Waals surface area contributed by atoms with Gasteiger partial charge in [0.1, 0.15) is 5.58 Å². The van der Waals surface area contributed by atoms with Crippen LogP contribution in [-0.2, 0) is 20.1 Å². The Kier molecular flexibility index (Phi) is 16.7. The van der Waals surface area contributed by atoms with Crippen LogP contribution in [0.4, 0.5) is 8.78 Å². The quantitative estimate of drug-likeness (QED) is 0.101. The topological polar surface area (TPSA) is 80.5 Å². The minimum absolute atomic E-state index is 0. The average molecular weight is 1300 g/mol. The number of nitrogens with zero attached hydrogens (tertiary/aromatic N) is 5. The van der Waals surface area contributed by atoms with Gasteiger partial charge < -0.3 is 19.0 Å². The van der Waals surface area contributed by atoms with Crippen molar-refractivity contribution in [1.29, 1.82) is 5.26 Å². The van der Waals surface area contributed by atoms with E-state index in [2.05, 4.69) is 197 Å². The van der Waals surface area contributed by atoms with Gasteiger partial charge in [0.15, 0.2) is 0 Å². The Hall–Kier alpha value is -8.24. The summed E-state index contributed by atoms with van der Waals surface area (Å²) in [6, 6.07) is 63.8. The van der Waals surface area contributed by atoms with Crippen molar-refractivity contribution in [3.8, 4) is 67.9 Å². The van der Waals surface area contributed by atoms with Gasteiger partial charge in [-0.15, -0.1) is 77.8 Å². The van der Waals surface area contributed by atoms with E-state index >= 15 is 0 Å². The van der Waals surface area contributed by atoms with Gasteiger partial charge in [-0.05, 0) is 111 Å². The number of hydrogen-bond donors (Lipinski definition) is 0. The van der Waals surface area contributed by atoms with Crippen molar-refractivity contribution in [3.63, 3.8) is 0 Å². The molecule has 11 heteroatoms. The Balaban J connectivity index is 0.000000190. The van der Waals surface area contributed by atoms with Gasteiger partial charge in [-0.25, -0.2) is 0 Å². The van der Waals surface area contributed by atoms with Crippen molar-refractivity contribution in [2.24, 2.45) is 0 Å². The van der Waals surface area contributed by atoms with E-state index in [0.29, 0.717) is 11.3 Å². The van der Waals surface area contributed by atoms with Crippen LogP contribution in [-0.4, -0.2) is 35.7 Å². The van der Waals surface area contributed by atoms with Crippen LogP contribution >= 0.6 is 0 Å². The van der Waals surface area contributed by atoms with Crippen molar-refractivity contribution >= 4 is 59.5 Å². The Morgan fingerprint density at radius 3 is 1.86 bits per heavy atom. The number of imidazole rings is 1. The summed E-state index contributed by atoms with van der Waals surface area (Å²) in [4.78, 5) is 14.0. The Morgan fingerprint density at radius 1 is 0.602 bits per heavy atom. The Labute approximate surface area is 506 Å². The molecule has 12 aromatic rings. The number of furan rings is 1. The van der Waals surface area contributed by atoms with E-state index < -0.39 is 34.0 Å². The number of fused-ring (bicyclic) bond motifs is 4. The number of para-hydroxylation sites is 2. The van der Waals surface area contributed by atoms with Crippen molar-refractivity contribution in [1.82, 2.24) is 19.5 Å². The molecule has 0 spiro atoms. The van der Waals surface area contributed by atoms with E-state index in [1.807, 2.05) is 54.7 Å². The SMILES string of the molecule is CC(C)c1cc(-c2ccccc2)cc(C(C)C)c1-n1c(-c2[c-]ccc3c2oc2cc(-c4cccc(C#N)c4)ccc23)nc2ccccc21.C[Si](C)(C)c1ccc(-c2[c-]cc(F)cc2)nc1.[2H]c1[c-]c(-c2ccc([Si](C)(C)C)cn2)c([2H])c([2H])c1F.[Ir+3]. The Morgan fingerprint density at radius 2 is 1.24 bits per heavy atom. The van der Waals surface area contributed by atoms with Crippen LogP contribution in [0.3, 0.4) is 0 Å². The van der Waals surface area contributed by atoms with Crippen LogP contribution in [0.15, 0.2) is 199 Å². The van der Waals surface area contributed by atoms with Gasteiger partial charge in [0.25, 0.3) is 0 Å². The number of hydrogen-bond acceptors (Lipinski definition) is 5. The third kappa shape index (κ3) is 13.2. The molecular weight excluding hydrogens is 1240 g/mol. The molecule has 0 bridgehead atoms. The fourth-order valence-corrected chi connectivity index (χ4v) is 11.9. The van der Waals surface area contributed by atoms with Crippen LogP contribution in [0, 0.1) is 41.2 Å². The molecule has 0 N–H and O–H groups in total. The first-order valence-electron chi connectivity index (χ1n) is 29.0. The second kappa shape index (κ2) is 25.1. The van der Waals surface area contributed by atoms with Crippen LogP contribution in [0.1, 0.15) is 60.3 Å². The number of rotatable bonds is 10. The summed E-state index contributed by atoms with van der Waals surface area (Å²) in [7, 11) is -2.75. The summed E-state index contributed by atoms with van der Waals surface area (Å²) in [6.45, 7) is 22.5. The van der Waals surface area contributed by atoms with Gasteiger partial charge in [0, 0.05) is 37.8 Å². The monoisotopic (exact) mass is 1300 g/mol. The molecule has 0 saturated heterocycles. The first-order valence-corrected chi connectivity index (χ1v) is 34.5. The van der Waals surface area contributed by atoms with E-state index in [0.717, 1.165) is 66.7 Å². The fourth-order valence-electron chi connectivity index (χ4n) is 9.86. The molecule has 8 aromatic carbocycles. The minimum Gasteiger partial charge on any atom is -0.501 e. The Bertz CT molecular complexity index is 4430. The first-order chi connectivity index (χ1) is 40.6. The van der Waals surface area contributed by atoms with Crippen LogP contribution < -0.4 is 10.4 Å². The molecular formula is C72H64F2IrN5OSi2. The second-order valence-corrected chi connectivity index (χ2v) is 33.2. The molecule has 0 aliphatic rings. The minimum atomic E-state index is -1.46. The number of pyridine rings is 2.